The largest absolute Gasteiger partial charge is 0.490 e. The van der Waals surface area contributed by atoms with Gasteiger partial charge in [-0.15, -0.1) is 11.6 Å². The summed E-state index contributed by atoms with van der Waals surface area (Å²) in [4.78, 5) is 0. The fourth-order valence-corrected chi connectivity index (χ4v) is 2.28. The highest BCUT2D eigenvalue weighted by Crippen LogP contribution is 2.35. The Bertz CT molecular complexity index is 390. The van der Waals surface area contributed by atoms with Gasteiger partial charge >= 0.3 is 0 Å². The van der Waals surface area contributed by atoms with Crippen molar-refractivity contribution in [3.63, 3.8) is 0 Å². The Hall–Kier alpha value is -0.890. The lowest BCUT2D eigenvalue weighted by Gasteiger charge is -2.14. The standard InChI is InChI=1S/C15H21ClO2/c1-11(2)4-6-13(16)12-5-7-14-15(10-12)18-9-3-8-17-14/h5,7,10-11,13H,3-4,6,8-9H2,1-2H3. The van der Waals surface area contributed by atoms with E-state index in [9.17, 15) is 0 Å². The summed E-state index contributed by atoms with van der Waals surface area (Å²) in [6, 6.07) is 6.05. The molecule has 18 heavy (non-hydrogen) atoms. The van der Waals surface area contributed by atoms with Crippen molar-refractivity contribution < 1.29 is 9.47 Å². The molecule has 0 amide bonds. The third-order valence-electron chi connectivity index (χ3n) is 3.13. The summed E-state index contributed by atoms with van der Waals surface area (Å²) in [6.07, 6.45) is 3.07. The van der Waals surface area contributed by atoms with E-state index in [4.69, 9.17) is 21.1 Å². The summed E-state index contributed by atoms with van der Waals surface area (Å²) in [5.74, 6) is 2.36. The second-order valence-corrected chi connectivity index (χ2v) is 5.72. The Morgan fingerprint density at radius 1 is 1.11 bits per heavy atom. The highest BCUT2D eigenvalue weighted by Gasteiger charge is 2.15. The monoisotopic (exact) mass is 268 g/mol. The predicted molar refractivity (Wildman–Crippen MR) is 74.7 cm³/mol. The number of hydrogen-bond acceptors (Lipinski definition) is 2. The number of halogens is 1. The van der Waals surface area contributed by atoms with E-state index in [1.807, 2.05) is 18.2 Å². The first kappa shape index (κ1) is 13.5. The lowest BCUT2D eigenvalue weighted by molar-refractivity contribution is 0.297. The molecule has 3 heteroatoms. The van der Waals surface area contributed by atoms with Gasteiger partial charge < -0.3 is 9.47 Å². The average molecular weight is 269 g/mol. The number of rotatable bonds is 4. The third kappa shape index (κ3) is 3.55. The summed E-state index contributed by atoms with van der Waals surface area (Å²) in [7, 11) is 0. The molecular weight excluding hydrogens is 248 g/mol. The normalized spacial score (nSPS) is 16.4. The van der Waals surface area contributed by atoms with Crippen molar-refractivity contribution >= 4 is 11.6 Å². The van der Waals surface area contributed by atoms with Crippen LogP contribution in [-0.2, 0) is 0 Å². The van der Waals surface area contributed by atoms with E-state index in [1.165, 1.54) is 0 Å². The molecule has 1 aliphatic rings. The number of hydrogen-bond donors (Lipinski definition) is 0. The number of benzene rings is 1. The topological polar surface area (TPSA) is 18.5 Å². The van der Waals surface area contributed by atoms with Gasteiger partial charge in [-0.2, -0.15) is 0 Å². The molecule has 0 saturated heterocycles. The van der Waals surface area contributed by atoms with Crippen molar-refractivity contribution in [1.82, 2.24) is 0 Å². The minimum atomic E-state index is 0.0598. The van der Waals surface area contributed by atoms with E-state index in [0.717, 1.165) is 49.5 Å². The highest BCUT2D eigenvalue weighted by molar-refractivity contribution is 6.20. The first-order valence-electron chi connectivity index (χ1n) is 6.70. The fraction of sp³-hybridized carbons (Fsp3) is 0.600. The van der Waals surface area contributed by atoms with Gasteiger partial charge in [-0.1, -0.05) is 19.9 Å². The Labute approximate surface area is 114 Å². The van der Waals surface area contributed by atoms with E-state index in [2.05, 4.69) is 13.8 Å². The number of fused-ring (bicyclic) bond motifs is 1. The van der Waals surface area contributed by atoms with Crippen molar-refractivity contribution in [2.24, 2.45) is 5.92 Å². The summed E-state index contributed by atoms with van der Waals surface area (Å²) in [5.41, 5.74) is 1.13. The van der Waals surface area contributed by atoms with Crippen LogP contribution in [-0.4, -0.2) is 13.2 Å². The van der Waals surface area contributed by atoms with Gasteiger partial charge in [0.05, 0.1) is 18.6 Å². The molecule has 1 heterocycles. The van der Waals surface area contributed by atoms with Gasteiger partial charge in [-0.25, -0.2) is 0 Å². The maximum atomic E-state index is 6.44. The molecule has 0 aromatic heterocycles. The molecule has 0 bridgehead atoms. The van der Waals surface area contributed by atoms with Gasteiger partial charge in [0.15, 0.2) is 11.5 Å². The van der Waals surface area contributed by atoms with Crippen LogP contribution in [0.2, 0.25) is 0 Å². The molecule has 100 valence electrons. The summed E-state index contributed by atoms with van der Waals surface area (Å²) < 4.78 is 11.3. The lowest BCUT2D eigenvalue weighted by atomic mass is 10.0. The molecule has 1 aliphatic heterocycles. The fourth-order valence-electron chi connectivity index (χ4n) is 2.02. The molecule has 1 aromatic carbocycles. The van der Waals surface area contributed by atoms with Crippen molar-refractivity contribution in [1.29, 1.82) is 0 Å². The first-order valence-corrected chi connectivity index (χ1v) is 7.14. The van der Waals surface area contributed by atoms with Gasteiger partial charge in [0.2, 0.25) is 0 Å². The van der Waals surface area contributed by atoms with Crippen LogP contribution < -0.4 is 9.47 Å². The first-order chi connectivity index (χ1) is 8.66. The molecule has 2 nitrogen and oxygen atoms in total. The Morgan fingerprint density at radius 3 is 2.56 bits per heavy atom. The third-order valence-corrected chi connectivity index (χ3v) is 3.60. The van der Waals surface area contributed by atoms with Gasteiger partial charge in [0.1, 0.15) is 0 Å². The Kier molecular flexibility index (Phi) is 4.76. The molecular formula is C15H21ClO2. The van der Waals surface area contributed by atoms with E-state index >= 15 is 0 Å². The van der Waals surface area contributed by atoms with Crippen LogP contribution in [0.4, 0.5) is 0 Å². The Balaban J connectivity index is 2.07. The molecule has 1 unspecified atom stereocenters. The maximum Gasteiger partial charge on any atom is 0.161 e. The average Bonchev–Trinajstić information content (AvgIpc) is 2.60. The molecule has 0 fully saturated rings. The van der Waals surface area contributed by atoms with Crippen molar-refractivity contribution in [2.75, 3.05) is 13.2 Å². The van der Waals surface area contributed by atoms with Crippen molar-refractivity contribution in [2.45, 2.75) is 38.5 Å². The molecule has 0 aliphatic carbocycles. The Morgan fingerprint density at radius 2 is 1.83 bits per heavy atom. The van der Waals surface area contributed by atoms with Crippen LogP contribution in [0.1, 0.15) is 44.1 Å². The predicted octanol–water partition coefficient (Wildman–Crippen LogP) is 4.56. The summed E-state index contributed by atoms with van der Waals surface area (Å²) in [5, 5.41) is 0.0598. The molecule has 0 radical (unpaired) electrons. The van der Waals surface area contributed by atoms with Crippen LogP contribution >= 0.6 is 11.6 Å². The van der Waals surface area contributed by atoms with E-state index in [0.29, 0.717) is 5.92 Å². The van der Waals surface area contributed by atoms with Crippen molar-refractivity contribution in [3.8, 4) is 11.5 Å². The van der Waals surface area contributed by atoms with Gasteiger partial charge in [-0.05, 0) is 36.5 Å². The van der Waals surface area contributed by atoms with E-state index < -0.39 is 0 Å². The summed E-state index contributed by atoms with van der Waals surface area (Å²) in [6.45, 7) is 5.88. The molecule has 1 atom stereocenters. The molecule has 0 spiro atoms. The van der Waals surface area contributed by atoms with E-state index in [-0.39, 0.29) is 5.38 Å². The molecule has 0 saturated carbocycles. The molecule has 0 N–H and O–H groups in total. The van der Waals surface area contributed by atoms with Gasteiger partial charge in [0.25, 0.3) is 0 Å². The molecule has 2 rings (SSSR count). The van der Waals surface area contributed by atoms with Crippen LogP contribution in [0.25, 0.3) is 0 Å². The lowest BCUT2D eigenvalue weighted by Crippen LogP contribution is -1.98. The SMILES string of the molecule is CC(C)CCC(Cl)c1ccc2c(c1)OCCCO2. The van der Waals surface area contributed by atoms with E-state index in [1.54, 1.807) is 0 Å². The quantitative estimate of drug-likeness (QED) is 0.745. The van der Waals surface area contributed by atoms with Crippen molar-refractivity contribution in [3.05, 3.63) is 23.8 Å². The number of alkyl halides is 1. The smallest absolute Gasteiger partial charge is 0.161 e. The summed E-state index contributed by atoms with van der Waals surface area (Å²) >= 11 is 6.44. The zero-order valence-electron chi connectivity index (χ0n) is 11.1. The second kappa shape index (κ2) is 6.33. The van der Waals surface area contributed by atoms with Crippen LogP contribution in [0, 0.1) is 5.92 Å². The van der Waals surface area contributed by atoms with Gasteiger partial charge in [0, 0.05) is 6.42 Å². The maximum absolute atomic E-state index is 6.44. The highest BCUT2D eigenvalue weighted by atomic mass is 35.5. The van der Waals surface area contributed by atoms with Crippen LogP contribution in [0.5, 0.6) is 11.5 Å². The van der Waals surface area contributed by atoms with Crippen LogP contribution in [0.3, 0.4) is 0 Å². The van der Waals surface area contributed by atoms with Crippen LogP contribution in [0.15, 0.2) is 18.2 Å². The zero-order chi connectivity index (χ0) is 13.0. The number of ether oxygens (including phenoxy) is 2. The second-order valence-electron chi connectivity index (χ2n) is 5.20. The zero-order valence-corrected chi connectivity index (χ0v) is 11.9. The molecule has 1 aromatic rings. The minimum absolute atomic E-state index is 0.0598. The minimum Gasteiger partial charge on any atom is -0.490 e. The van der Waals surface area contributed by atoms with Gasteiger partial charge in [-0.3, -0.25) is 0 Å².